The number of primary amides is 1. The lowest BCUT2D eigenvalue weighted by molar-refractivity contribution is -0.123. The molecule has 3 N–H and O–H groups in total. The highest BCUT2D eigenvalue weighted by atomic mass is 35.5. The number of urea groups is 1. The number of barbiturate groups is 1. The number of nitrogens with zero attached hydrogens (tertiary/aromatic N) is 1. The molecule has 0 saturated carbocycles. The van der Waals surface area contributed by atoms with Gasteiger partial charge in [0.2, 0.25) is 0 Å². The van der Waals surface area contributed by atoms with Crippen molar-refractivity contribution in [2.75, 3.05) is 11.5 Å². The summed E-state index contributed by atoms with van der Waals surface area (Å²) in [6.07, 6.45) is 1.32. The number of ether oxygens (including phenoxy) is 1. The van der Waals surface area contributed by atoms with Gasteiger partial charge in [0.1, 0.15) is 11.3 Å². The number of nitrogens with one attached hydrogen (secondary N) is 1. The molecule has 0 atom stereocenters. The van der Waals surface area contributed by atoms with Crippen LogP contribution < -0.4 is 20.7 Å². The first kappa shape index (κ1) is 19.1. The molecule has 2 aromatic rings. The van der Waals surface area contributed by atoms with Crippen LogP contribution in [0.4, 0.5) is 10.5 Å². The lowest BCUT2D eigenvalue weighted by Gasteiger charge is -2.26. The van der Waals surface area contributed by atoms with Gasteiger partial charge in [-0.15, -0.1) is 0 Å². The summed E-state index contributed by atoms with van der Waals surface area (Å²) in [6.45, 7) is -0.309. The Bertz CT molecular complexity index is 1020. The number of carbonyl (C=O) groups excluding carboxylic acids is 4. The SMILES string of the molecule is NC(=O)COc1cccc(/C=C2/C(=O)NC(=O)N(c3cccc(Cl)c3)C2=O)c1. The quantitative estimate of drug-likeness (QED) is 0.587. The number of anilines is 1. The fourth-order valence-corrected chi connectivity index (χ4v) is 2.71. The number of rotatable bonds is 5. The Balaban J connectivity index is 1.93. The largest absolute Gasteiger partial charge is 0.484 e. The van der Waals surface area contributed by atoms with Crippen LogP contribution in [0.3, 0.4) is 0 Å². The van der Waals surface area contributed by atoms with Gasteiger partial charge in [0.15, 0.2) is 6.61 Å². The van der Waals surface area contributed by atoms with Crippen molar-refractivity contribution in [3.8, 4) is 5.75 Å². The van der Waals surface area contributed by atoms with Gasteiger partial charge in [-0.1, -0.05) is 29.8 Å². The van der Waals surface area contributed by atoms with E-state index >= 15 is 0 Å². The fraction of sp³-hybridized carbons (Fsp3) is 0.0526. The summed E-state index contributed by atoms with van der Waals surface area (Å²) >= 11 is 5.93. The van der Waals surface area contributed by atoms with E-state index < -0.39 is 23.8 Å². The van der Waals surface area contributed by atoms with Crippen LogP contribution in [0.5, 0.6) is 5.75 Å². The highest BCUT2D eigenvalue weighted by Gasteiger charge is 2.36. The molecule has 0 aromatic heterocycles. The van der Waals surface area contributed by atoms with Gasteiger partial charge in [-0.3, -0.25) is 19.7 Å². The maximum atomic E-state index is 12.8. The molecule has 0 aliphatic carbocycles. The van der Waals surface area contributed by atoms with Crippen LogP contribution in [0.1, 0.15) is 5.56 Å². The molecule has 1 aliphatic rings. The van der Waals surface area contributed by atoms with E-state index in [1.807, 2.05) is 0 Å². The standard InChI is InChI=1S/C19H14ClN3O5/c20-12-4-2-5-13(9-12)23-18(26)15(17(25)22-19(23)27)8-11-3-1-6-14(7-11)28-10-16(21)24/h1-9H,10H2,(H2,21,24)(H,22,25,27)/b15-8-. The van der Waals surface area contributed by atoms with Crippen LogP contribution in [0.2, 0.25) is 5.02 Å². The van der Waals surface area contributed by atoms with E-state index in [-0.39, 0.29) is 17.9 Å². The number of nitrogens with two attached hydrogens (primary N) is 1. The van der Waals surface area contributed by atoms with Crippen LogP contribution in [-0.2, 0) is 14.4 Å². The lowest BCUT2D eigenvalue weighted by Crippen LogP contribution is -2.54. The number of halogens is 1. The smallest absolute Gasteiger partial charge is 0.335 e. The highest BCUT2D eigenvalue weighted by molar-refractivity contribution is 6.39. The number of amides is 5. The van der Waals surface area contributed by atoms with Crippen molar-refractivity contribution in [3.63, 3.8) is 0 Å². The molecule has 8 nitrogen and oxygen atoms in total. The third kappa shape index (κ3) is 4.18. The van der Waals surface area contributed by atoms with Crippen LogP contribution in [0.15, 0.2) is 54.1 Å². The van der Waals surface area contributed by atoms with E-state index in [2.05, 4.69) is 5.32 Å². The lowest BCUT2D eigenvalue weighted by atomic mass is 10.1. The van der Waals surface area contributed by atoms with Crippen LogP contribution in [0, 0.1) is 0 Å². The van der Waals surface area contributed by atoms with Gasteiger partial charge in [0.05, 0.1) is 5.69 Å². The minimum Gasteiger partial charge on any atom is -0.484 e. The van der Waals surface area contributed by atoms with Gasteiger partial charge >= 0.3 is 6.03 Å². The Morgan fingerprint density at radius 3 is 2.61 bits per heavy atom. The van der Waals surface area contributed by atoms with Crippen molar-refractivity contribution in [2.45, 2.75) is 0 Å². The normalized spacial score (nSPS) is 15.5. The monoisotopic (exact) mass is 399 g/mol. The van der Waals surface area contributed by atoms with Gasteiger partial charge in [-0.25, -0.2) is 9.69 Å². The van der Waals surface area contributed by atoms with Crippen molar-refractivity contribution >= 4 is 47.1 Å². The predicted molar refractivity (Wildman–Crippen MR) is 102 cm³/mol. The summed E-state index contributed by atoms with van der Waals surface area (Å²) in [7, 11) is 0. The van der Waals surface area contributed by atoms with Crippen molar-refractivity contribution in [1.82, 2.24) is 5.32 Å². The molecule has 1 aliphatic heterocycles. The molecule has 142 valence electrons. The Hall–Kier alpha value is -3.65. The van der Waals surface area contributed by atoms with Crippen LogP contribution in [0.25, 0.3) is 6.08 Å². The Morgan fingerprint density at radius 2 is 1.89 bits per heavy atom. The number of hydrogen-bond acceptors (Lipinski definition) is 5. The minimum absolute atomic E-state index is 0.229. The zero-order valence-electron chi connectivity index (χ0n) is 14.3. The maximum absolute atomic E-state index is 12.8. The van der Waals surface area contributed by atoms with Crippen molar-refractivity contribution < 1.29 is 23.9 Å². The molecule has 5 amide bonds. The molecule has 0 spiro atoms. The molecule has 2 aromatic carbocycles. The molecule has 0 bridgehead atoms. The zero-order valence-corrected chi connectivity index (χ0v) is 15.1. The van der Waals surface area contributed by atoms with Crippen LogP contribution >= 0.6 is 11.6 Å². The molecule has 0 radical (unpaired) electrons. The summed E-state index contributed by atoms with van der Waals surface area (Å²) in [5.41, 5.74) is 5.48. The average Bonchev–Trinajstić information content (AvgIpc) is 2.64. The Morgan fingerprint density at radius 1 is 1.14 bits per heavy atom. The minimum atomic E-state index is -0.868. The third-order valence-electron chi connectivity index (χ3n) is 3.72. The summed E-state index contributed by atoms with van der Waals surface area (Å²) < 4.78 is 5.20. The third-order valence-corrected chi connectivity index (χ3v) is 3.95. The van der Waals surface area contributed by atoms with E-state index in [4.69, 9.17) is 22.1 Å². The first-order valence-corrected chi connectivity index (χ1v) is 8.41. The number of carbonyl (C=O) groups is 4. The molecule has 1 heterocycles. The van der Waals surface area contributed by atoms with E-state index in [1.54, 1.807) is 30.3 Å². The average molecular weight is 400 g/mol. The predicted octanol–water partition coefficient (Wildman–Crippen LogP) is 1.87. The second-order valence-corrected chi connectivity index (χ2v) is 6.20. The van der Waals surface area contributed by atoms with Crippen LogP contribution in [-0.4, -0.2) is 30.4 Å². The molecule has 1 fully saturated rings. The van der Waals surface area contributed by atoms with Gasteiger partial charge in [-0.05, 0) is 42.0 Å². The zero-order chi connectivity index (χ0) is 20.3. The summed E-state index contributed by atoms with van der Waals surface area (Å²) in [6, 6.07) is 11.6. The van der Waals surface area contributed by atoms with Gasteiger partial charge in [0, 0.05) is 5.02 Å². The number of benzene rings is 2. The van der Waals surface area contributed by atoms with Crippen molar-refractivity contribution in [3.05, 3.63) is 64.7 Å². The second kappa shape index (κ2) is 7.93. The molecule has 3 rings (SSSR count). The molecular weight excluding hydrogens is 386 g/mol. The maximum Gasteiger partial charge on any atom is 0.335 e. The van der Waals surface area contributed by atoms with Crippen molar-refractivity contribution in [1.29, 1.82) is 0 Å². The first-order chi connectivity index (χ1) is 13.3. The Kier molecular flexibility index (Phi) is 5.42. The van der Waals surface area contributed by atoms with E-state index in [0.717, 1.165) is 4.90 Å². The van der Waals surface area contributed by atoms with E-state index in [9.17, 15) is 19.2 Å². The Labute approximate surface area is 164 Å². The highest BCUT2D eigenvalue weighted by Crippen LogP contribution is 2.25. The number of hydrogen-bond donors (Lipinski definition) is 2. The number of imide groups is 2. The summed E-state index contributed by atoms with van der Waals surface area (Å²) in [5, 5.41) is 2.46. The van der Waals surface area contributed by atoms with Gasteiger partial charge in [0.25, 0.3) is 17.7 Å². The molecular formula is C19H14ClN3O5. The van der Waals surface area contributed by atoms with Gasteiger partial charge in [-0.2, -0.15) is 0 Å². The molecule has 28 heavy (non-hydrogen) atoms. The second-order valence-electron chi connectivity index (χ2n) is 5.77. The fourth-order valence-electron chi connectivity index (χ4n) is 2.52. The van der Waals surface area contributed by atoms with E-state index in [0.29, 0.717) is 16.3 Å². The summed E-state index contributed by atoms with van der Waals surface area (Å²) in [5.74, 6) is -1.92. The topological polar surface area (TPSA) is 119 Å². The molecule has 9 heteroatoms. The molecule has 1 saturated heterocycles. The van der Waals surface area contributed by atoms with Crippen molar-refractivity contribution in [2.24, 2.45) is 5.73 Å². The first-order valence-electron chi connectivity index (χ1n) is 8.03. The van der Waals surface area contributed by atoms with Gasteiger partial charge < -0.3 is 10.5 Å². The molecule has 0 unspecified atom stereocenters. The van der Waals surface area contributed by atoms with E-state index in [1.165, 1.54) is 24.3 Å². The summed E-state index contributed by atoms with van der Waals surface area (Å²) in [4.78, 5) is 48.8.